The Kier molecular flexibility index (Phi) is 4.79. The number of piperidine rings is 2. The highest BCUT2D eigenvalue weighted by Crippen LogP contribution is 2.24. The van der Waals surface area contributed by atoms with Crippen LogP contribution in [0.5, 0.6) is 0 Å². The smallest absolute Gasteiger partial charge is 0.128 e. The van der Waals surface area contributed by atoms with Gasteiger partial charge in [-0.3, -0.25) is 0 Å². The minimum Gasteiger partial charge on any atom is -0.356 e. The number of aromatic nitrogens is 1. The molecule has 3 heteroatoms. The van der Waals surface area contributed by atoms with E-state index in [0.717, 1.165) is 17.5 Å². The molecule has 0 saturated carbocycles. The van der Waals surface area contributed by atoms with Gasteiger partial charge in [-0.15, -0.1) is 0 Å². The van der Waals surface area contributed by atoms with Gasteiger partial charge in [-0.1, -0.05) is 13.0 Å². The van der Waals surface area contributed by atoms with Crippen molar-refractivity contribution in [3.8, 4) is 0 Å². The van der Waals surface area contributed by atoms with Crippen LogP contribution < -0.4 is 4.90 Å². The average molecular weight is 287 g/mol. The lowest BCUT2D eigenvalue weighted by atomic mass is 9.94. The summed E-state index contributed by atoms with van der Waals surface area (Å²) >= 11 is 0. The second kappa shape index (κ2) is 6.78. The van der Waals surface area contributed by atoms with Crippen molar-refractivity contribution >= 4 is 5.82 Å². The van der Waals surface area contributed by atoms with Crippen LogP contribution in [0.3, 0.4) is 0 Å². The maximum absolute atomic E-state index is 4.70. The van der Waals surface area contributed by atoms with E-state index < -0.39 is 0 Å². The van der Waals surface area contributed by atoms with Crippen LogP contribution in [0.15, 0.2) is 18.2 Å². The second-order valence-electron chi connectivity index (χ2n) is 7.07. The van der Waals surface area contributed by atoms with Crippen molar-refractivity contribution in [3.63, 3.8) is 0 Å². The van der Waals surface area contributed by atoms with Crippen LogP contribution in [0.2, 0.25) is 0 Å². The summed E-state index contributed by atoms with van der Waals surface area (Å²) < 4.78 is 0. The molecule has 2 saturated heterocycles. The molecule has 1 aromatic rings. The van der Waals surface area contributed by atoms with Crippen LogP contribution in [0, 0.1) is 18.8 Å². The molecule has 0 amide bonds. The maximum atomic E-state index is 4.70. The fraction of sp³-hybridized carbons (Fsp3) is 0.722. The highest BCUT2D eigenvalue weighted by Gasteiger charge is 2.24. The molecule has 3 heterocycles. The van der Waals surface area contributed by atoms with Crippen LogP contribution in [0.4, 0.5) is 5.82 Å². The lowest BCUT2D eigenvalue weighted by Crippen LogP contribution is -2.43. The topological polar surface area (TPSA) is 19.4 Å². The first kappa shape index (κ1) is 14.8. The maximum Gasteiger partial charge on any atom is 0.128 e. The summed E-state index contributed by atoms with van der Waals surface area (Å²) in [5.74, 6) is 2.92. The average Bonchev–Trinajstić information content (AvgIpc) is 2.50. The van der Waals surface area contributed by atoms with Gasteiger partial charge in [-0.05, 0) is 69.7 Å². The standard InChI is InChI=1S/C18H29N3/c1-15-8-11-20(12-9-15)13-17-6-4-10-21(14-17)18-7-3-5-16(2)19-18/h3,5,7,15,17H,4,6,8-14H2,1-2H3. The Morgan fingerprint density at radius 3 is 2.71 bits per heavy atom. The zero-order valence-corrected chi connectivity index (χ0v) is 13.6. The monoisotopic (exact) mass is 287 g/mol. The second-order valence-corrected chi connectivity index (χ2v) is 7.07. The first-order chi connectivity index (χ1) is 10.2. The predicted molar refractivity (Wildman–Crippen MR) is 88.7 cm³/mol. The van der Waals surface area contributed by atoms with Crippen molar-refractivity contribution in [1.29, 1.82) is 0 Å². The van der Waals surface area contributed by atoms with E-state index in [1.54, 1.807) is 0 Å². The lowest BCUT2D eigenvalue weighted by molar-refractivity contribution is 0.159. The molecule has 0 aromatic carbocycles. The van der Waals surface area contributed by atoms with E-state index in [4.69, 9.17) is 4.98 Å². The molecule has 21 heavy (non-hydrogen) atoms. The highest BCUT2D eigenvalue weighted by atomic mass is 15.2. The number of likely N-dealkylation sites (tertiary alicyclic amines) is 1. The van der Waals surface area contributed by atoms with Crippen molar-refractivity contribution in [2.45, 2.75) is 39.5 Å². The molecule has 0 spiro atoms. The summed E-state index contributed by atoms with van der Waals surface area (Å²) in [6.07, 6.45) is 5.46. The molecule has 0 N–H and O–H groups in total. The zero-order valence-electron chi connectivity index (χ0n) is 13.6. The number of pyridine rings is 1. The third kappa shape index (κ3) is 3.97. The van der Waals surface area contributed by atoms with Crippen molar-refractivity contribution in [1.82, 2.24) is 9.88 Å². The number of rotatable bonds is 3. The minimum atomic E-state index is 0.814. The summed E-state index contributed by atoms with van der Waals surface area (Å²) in [7, 11) is 0. The van der Waals surface area contributed by atoms with E-state index in [2.05, 4.69) is 41.8 Å². The van der Waals surface area contributed by atoms with Gasteiger partial charge in [0, 0.05) is 25.3 Å². The third-order valence-corrected chi connectivity index (χ3v) is 5.11. The van der Waals surface area contributed by atoms with Gasteiger partial charge < -0.3 is 9.80 Å². The molecule has 2 fully saturated rings. The van der Waals surface area contributed by atoms with Gasteiger partial charge in [0.2, 0.25) is 0 Å². The molecule has 2 aliphatic heterocycles. The Balaban J connectivity index is 1.56. The summed E-state index contributed by atoms with van der Waals surface area (Å²) in [6, 6.07) is 6.38. The number of aryl methyl sites for hydroxylation is 1. The van der Waals surface area contributed by atoms with E-state index in [0.29, 0.717) is 0 Å². The summed E-state index contributed by atoms with van der Waals surface area (Å²) in [5.41, 5.74) is 1.12. The fourth-order valence-electron chi connectivity index (χ4n) is 3.74. The third-order valence-electron chi connectivity index (χ3n) is 5.11. The van der Waals surface area contributed by atoms with Crippen LogP contribution in [-0.2, 0) is 0 Å². The van der Waals surface area contributed by atoms with Crippen LogP contribution in [-0.4, -0.2) is 42.6 Å². The summed E-state index contributed by atoms with van der Waals surface area (Å²) in [5, 5.41) is 0. The Labute approximate surface area is 129 Å². The molecule has 2 aliphatic rings. The van der Waals surface area contributed by atoms with Crippen molar-refractivity contribution in [3.05, 3.63) is 23.9 Å². The van der Waals surface area contributed by atoms with Crippen molar-refractivity contribution in [2.75, 3.05) is 37.6 Å². The summed E-state index contributed by atoms with van der Waals surface area (Å²) in [4.78, 5) is 9.89. The van der Waals surface area contributed by atoms with E-state index in [-0.39, 0.29) is 0 Å². The molecule has 3 rings (SSSR count). The summed E-state index contributed by atoms with van der Waals surface area (Å²) in [6.45, 7) is 10.7. The van der Waals surface area contributed by atoms with Gasteiger partial charge in [0.1, 0.15) is 5.82 Å². The van der Waals surface area contributed by atoms with Crippen molar-refractivity contribution in [2.24, 2.45) is 11.8 Å². The number of nitrogens with zero attached hydrogens (tertiary/aromatic N) is 3. The zero-order chi connectivity index (χ0) is 14.7. The Hall–Kier alpha value is -1.09. The first-order valence-electron chi connectivity index (χ1n) is 8.61. The SMILES string of the molecule is Cc1cccc(N2CCCC(CN3CCC(C)CC3)C2)n1. The molecule has 0 bridgehead atoms. The fourth-order valence-corrected chi connectivity index (χ4v) is 3.74. The minimum absolute atomic E-state index is 0.814. The molecule has 116 valence electrons. The molecular weight excluding hydrogens is 258 g/mol. The Morgan fingerprint density at radius 1 is 1.14 bits per heavy atom. The van der Waals surface area contributed by atoms with Crippen molar-refractivity contribution < 1.29 is 0 Å². The van der Waals surface area contributed by atoms with Crippen LogP contribution in [0.25, 0.3) is 0 Å². The quantitative estimate of drug-likeness (QED) is 0.850. The molecular formula is C18H29N3. The molecule has 1 unspecified atom stereocenters. The van der Waals surface area contributed by atoms with Gasteiger partial charge in [0.05, 0.1) is 0 Å². The van der Waals surface area contributed by atoms with Crippen LogP contribution >= 0.6 is 0 Å². The Bertz CT molecular complexity index is 452. The van der Waals surface area contributed by atoms with E-state index in [9.17, 15) is 0 Å². The lowest BCUT2D eigenvalue weighted by Gasteiger charge is -2.38. The van der Waals surface area contributed by atoms with Gasteiger partial charge in [0.25, 0.3) is 0 Å². The number of hydrogen-bond acceptors (Lipinski definition) is 3. The van der Waals surface area contributed by atoms with E-state index in [1.165, 1.54) is 64.2 Å². The largest absolute Gasteiger partial charge is 0.356 e. The van der Waals surface area contributed by atoms with Crippen LogP contribution in [0.1, 0.15) is 38.3 Å². The van der Waals surface area contributed by atoms with Gasteiger partial charge in [-0.2, -0.15) is 0 Å². The molecule has 1 aromatic heterocycles. The number of anilines is 1. The highest BCUT2D eigenvalue weighted by molar-refractivity contribution is 5.39. The molecule has 0 radical (unpaired) electrons. The molecule has 0 aliphatic carbocycles. The van der Waals surface area contributed by atoms with Gasteiger partial charge >= 0.3 is 0 Å². The predicted octanol–water partition coefficient (Wildman–Crippen LogP) is 3.34. The van der Waals surface area contributed by atoms with E-state index in [1.807, 2.05) is 0 Å². The Morgan fingerprint density at radius 2 is 1.95 bits per heavy atom. The van der Waals surface area contributed by atoms with E-state index >= 15 is 0 Å². The number of hydrogen-bond donors (Lipinski definition) is 0. The van der Waals surface area contributed by atoms with Gasteiger partial charge in [0.15, 0.2) is 0 Å². The first-order valence-corrected chi connectivity index (χ1v) is 8.61. The van der Waals surface area contributed by atoms with Gasteiger partial charge in [-0.25, -0.2) is 4.98 Å². The molecule has 1 atom stereocenters. The molecule has 3 nitrogen and oxygen atoms in total. The normalized spacial score (nSPS) is 25.2.